The maximum Gasteiger partial charge on any atom is 0.124 e. The molecule has 3 heteroatoms. The molecule has 0 unspecified atom stereocenters. The van der Waals surface area contributed by atoms with E-state index in [1.54, 1.807) is 0 Å². The second-order valence-corrected chi connectivity index (χ2v) is 5.32. The van der Waals surface area contributed by atoms with Gasteiger partial charge in [-0.3, -0.25) is 0 Å². The molecule has 2 N–H and O–H groups in total. The van der Waals surface area contributed by atoms with Gasteiger partial charge in [0.15, 0.2) is 0 Å². The molecule has 0 saturated carbocycles. The maximum absolute atomic E-state index is 5.94. The number of nitrogens with two attached hydrogens (primary N) is 1. The van der Waals surface area contributed by atoms with Crippen LogP contribution in [0.1, 0.15) is 11.1 Å². The summed E-state index contributed by atoms with van der Waals surface area (Å²) in [4.78, 5) is 0. The Morgan fingerprint density at radius 3 is 2.43 bits per heavy atom. The maximum atomic E-state index is 5.94. The van der Waals surface area contributed by atoms with Gasteiger partial charge in [-0.25, -0.2) is 0 Å². The lowest BCUT2D eigenvalue weighted by Crippen LogP contribution is -2.03. The van der Waals surface area contributed by atoms with E-state index in [4.69, 9.17) is 22.1 Å². The molecule has 3 aromatic carbocycles. The van der Waals surface area contributed by atoms with Gasteiger partial charge in [0.1, 0.15) is 12.4 Å². The minimum Gasteiger partial charge on any atom is -0.489 e. The van der Waals surface area contributed by atoms with Crippen molar-refractivity contribution >= 4 is 22.4 Å². The van der Waals surface area contributed by atoms with Gasteiger partial charge in [0.25, 0.3) is 0 Å². The molecular weight excluding hydrogens is 282 g/mol. The summed E-state index contributed by atoms with van der Waals surface area (Å²) in [6.45, 7) is 0.958. The Morgan fingerprint density at radius 2 is 1.67 bits per heavy atom. The number of fused-ring (bicyclic) bond motifs is 1. The Balaban J connectivity index is 1.88. The molecular formula is C18H16ClNO. The van der Waals surface area contributed by atoms with Crippen LogP contribution in [-0.2, 0) is 13.2 Å². The summed E-state index contributed by atoms with van der Waals surface area (Å²) >= 11 is 5.88. The number of rotatable bonds is 4. The summed E-state index contributed by atoms with van der Waals surface area (Å²) in [7, 11) is 0. The zero-order valence-electron chi connectivity index (χ0n) is 11.6. The number of ether oxygens (including phenoxy) is 1. The van der Waals surface area contributed by atoms with Crippen molar-refractivity contribution in [2.45, 2.75) is 13.2 Å². The van der Waals surface area contributed by atoms with Crippen LogP contribution in [0.25, 0.3) is 10.8 Å². The fourth-order valence-corrected chi connectivity index (χ4v) is 2.53. The largest absolute Gasteiger partial charge is 0.489 e. The summed E-state index contributed by atoms with van der Waals surface area (Å²) < 4.78 is 5.94. The average Bonchev–Trinajstić information content (AvgIpc) is 2.53. The predicted molar refractivity (Wildman–Crippen MR) is 87.6 cm³/mol. The van der Waals surface area contributed by atoms with Crippen molar-refractivity contribution < 1.29 is 4.74 Å². The molecule has 0 aliphatic rings. The third kappa shape index (κ3) is 3.02. The van der Waals surface area contributed by atoms with Crippen LogP contribution >= 0.6 is 11.6 Å². The smallest absolute Gasteiger partial charge is 0.124 e. The van der Waals surface area contributed by atoms with Gasteiger partial charge < -0.3 is 10.5 Å². The van der Waals surface area contributed by atoms with Gasteiger partial charge in [0.2, 0.25) is 0 Å². The summed E-state index contributed by atoms with van der Waals surface area (Å²) in [5, 5.41) is 3.05. The van der Waals surface area contributed by atoms with Gasteiger partial charge in [0.05, 0.1) is 0 Å². The Bertz CT molecular complexity index is 753. The summed E-state index contributed by atoms with van der Waals surface area (Å²) in [6, 6.07) is 19.9. The van der Waals surface area contributed by atoms with Crippen LogP contribution in [0.2, 0.25) is 5.02 Å². The number of hydrogen-bond donors (Lipinski definition) is 1. The van der Waals surface area contributed by atoms with Gasteiger partial charge in [0, 0.05) is 17.1 Å². The van der Waals surface area contributed by atoms with Gasteiger partial charge in [-0.15, -0.1) is 0 Å². The third-order valence-corrected chi connectivity index (χ3v) is 3.76. The standard InChI is InChI=1S/C18H16ClNO/c19-15-8-5-13(6-9-15)12-21-18-10-7-14-3-1-2-4-16(14)17(18)11-20/h1-10H,11-12,20H2. The highest BCUT2D eigenvalue weighted by molar-refractivity contribution is 6.30. The summed E-state index contributed by atoms with van der Waals surface area (Å²) in [5.74, 6) is 0.839. The first-order chi connectivity index (χ1) is 10.3. The quantitative estimate of drug-likeness (QED) is 0.768. The first-order valence-corrected chi connectivity index (χ1v) is 7.23. The lowest BCUT2D eigenvalue weighted by molar-refractivity contribution is 0.303. The minimum absolute atomic E-state index is 0.456. The molecule has 0 aromatic heterocycles. The van der Waals surface area contributed by atoms with Crippen molar-refractivity contribution in [1.82, 2.24) is 0 Å². The van der Waals surface area contributed by atoms with E-state index in [1.165, 1.54) is 5.39 Å². The highest BCUT2D eigenvalue weighted by Gasteiger charge is 2.07. The molecule has 0 aliphatic heterocycles. The van der Waals surface area contributed by atoms with Crippen molar-refractivity contribution in [1.29, 1.82) is 0 Å². The van der Waals surface area contributed by atoms with Crippen LogP contribution in [0.15, 0.2) is 60.7 Å². The molecule has 0 bridgehead atoms. The zero-order valence-corrected chi connectivity index (χ0v) is 12.3. The van der Waals surface area contributed by atoms with Gasteiger partial charge >= 0.3 is 0 Å². The second kappa shape index (κ2) is 6.17. The fourth-order valence-electron chi connectivity index (χ4n) is 2.40. The summed E-state index contributed by atoms with van der Waals surface area (Å²) in [6.07, 6.45) is 0. The molecule has 21 heavy (non-hydrogen) atoms. The van der Waals surface area contributed by atoms with Crippen LogP contribution in [0.4, 0.5) is 0 Å². The molecule has 3 aromatic rings. The Morgan fingerprint density at radius 1 is 0.905 bits per heavy atom. The lowest BCUT2D eigenvalue weighted by Gasteiger charge is -2.13. The average molecular weight is 298 g/mol. The molecule has 2 nitrogen and oxygen atoms in total. The normalized spacial score (nSPS) is 10.8. The van der Waals surface area contributed by atoms with E-state index in [0.717, 1.165) is 27.3 Å². The lowest BCUT2D eigenvalue weighted by atomic mass is 10.0. The molecule has 0 atom stereocenters. The van der Waals surface area contributed by atoms with E-state index >= 15 is 0 Å². The minimum atomic E-state index is 0.456. The topological polar surface area (TPSA) is 35.2 Å². The number of hydrogen-bond acceptors (Lipinski definition) is 2. The van der Waals surface area contributed by atoms with E-state index in [2.05, 4.69) is 18.2 Å². The van der Waals surface area contributed by atoms with Crippen molar-refractivity contribution in [3.8, 4) is 5.75 Å². The first-order valence-electron chi connectivity index (χ1n) is 6.86. The number of benzene rings is 3. The Labute approximate surface area is 129 Å². The van der Waals surface area contributed by atoms with E-state index in [-0.39, 0.29) is 0 Å². The van der Waals surface area contributed by atoms with Crippen molar-refractivity contribution in [3.05, 3.63) is 76.8 Å². The molecule has 106 valence electrons. The van der Waals surface area contributed by atoms with Crippen LogP contribution in [-0.4, -0.2) is 0 Å². The molecule has 0 fully saturated rings. The highest BCUT2D eigenvalue weighted by Crippen LogP contribution is 2.28. The third-order valence-electron chi connectivity index (χ3n) is 3.51. The fraction of sp³-hybridized carbons (Fsp3) is 0.111. The van der Waals surface area contributed by atoms with Crippen LogP contribution in [0.3, 0.4) is 0 Å². The van der Waals surface area contributed by atoms with Crippen LogP contribution in [0.5, 0.6) is 5.75 Å². The van der Waals surface area contributed by atoms with Gasteiger partial charge in [-0.1, -0.05) is 54.1 Å². The monoisotopic (exact) mass is 297 g/mol. The van der Waals surface area contributed by atoms with E-state index < -0.39 is 0 Å². The highest BCUT2D eigenvalue weighted by atomic mass is 35.5. The molecule has 0 spiro atoms. The van der Waals surface area contributed by atoms with E-state index in [9.17, 15) is 0 Å². The SMILES string of the molecule is NCc1c(OCc2ccc(Cl)cc2)ccc2ccccc12. The van der Waals surface area contributed by atoms with E-state index in [0.29, 0.717) is 13.2 Å². The van der Waals surface area contributed by atoms with E-state index in [1.807, 2.05) is 42.5 Å². The van der Waals surface area contributed by atoms with Crippen molar-refractivity contribution in [2.24, 2.45) is 5.73 Å². The van der Waals surface area contributed by atoms with Crippen LogP contribution < -0.4 is 10.5 Å². The zero-order chi connectivity index (χ0) is 14.7. The van der Waals surface area contributed by atoms with Gasteiger partial charge in [-0.05, 0) is 34.5 Å². The molecule has 0 radical (unpaired) electrons. The first kappa shape index (κ1) is 13.9. The summed E-state index contributed by atoms with van der Waals surface area (Å²) in [5.41, 5.74) is 8.03. The Kier molecular flexibility index (Phi) is 4.09. The van der Waals surface area contributed by atoms with Crippen molar-refractivity contribution in [2.75, 3.05) is 0 Å². The number of halogens is 1. The molecule has 0 saturated heterocycles. The Hall–Kier alpha value is -2.03. The molecule has 3 rings (SSSR count). The molecule has 0 heterocycles. The second-order valence-electron chi connectivity index (χ2n) is 4.88. The van der Waals surface area contributed by atoms with Gasteiger partial charge in [-0.2, -0.15) is 0 Å². The van der Waals surface area contributed by atoms with Crippen LogP contribution in [0, 0.1) is 0 Å². The molecule has 0 aliphatic carbocycles. The predicted octanol–water partition coefficient (Wildman–Crippen LogP) is 4.53. The molecule has 0 amide bonds. The van der Waals surface area contributed by atoms with Crippen molar-refractivity contribution in [3.63, 3.8) is 0 Å².